The highest BCUT2D eigenvalue weighted by Crippen LogP contribution is 2.18. The van der Waals surface area contributed by atoms with Crippen LogP contribution in [0.15, 0.2) is 33.7 Å². The molecule has 2 N–H and O–H groups in total. The zero-order valence-electron chi connectivity index (χ0n) is 15.8. The highest BCUT2D eigenvalue weighted by atomic mass is 79.9. The summed E-state index contributed by atoms with van der Waals surface area (Å²) < 4.78 is 6.07. The van der Waals surface area contributed by atoms with Crippen molar-refractivity contribution < 1.29 is 14.3 Å². The smallest absolute Gasteiger partial charge is 0.309 e. The fourth-order valence-electron chi connectivity index (χ4n) is 2.96. The number of likely N-dealkylation sites (tertiary alicyclic amines) is 1. The molecule has 0 aliphatic carbocycles. The Morgan fingerprint density at radius 2 is 1.93 bits per heavy atom. The fraction of sp³-hybridized carbons (Fsp3) is 0.526. The first-order chi connectivity index (χ1) is 13.0. The molecule has 0 bridgehead atoms. The Morgan fingerprint density at radius 1 is 1.26 bits per heavy atom. The minimum Gasteiger partial charge on any atom is -0.466 e. The number of amides is 1. The number of hydrogen-bond donors (Lipinski definition) is 2. The summed E-state index contributed by atoms with van der Waals surface area (Å²) >= 11 is 3.37. The maximum absolute atomic E-state index is 12.1. The number of ether oxygens (including phenoxy) is 1. The van der Waals surface area contributed by atoms with Gasteiger partial charge in [0.25, 0.3) is 0 Å². The first-order valence-electron chi connectivity index (χ1n) is 9.21. The van der Waals surface area contributed by atoms with Crippen LogP contribution in [-0.2, 0) is 14.3 Å². The number of carbonyl (C=O) groups is 2. The topological polar surface area (TPSA) is 83.0 Å². The molecule has 0 unspecified atom stereocenters. The molecule has 148 valence electrons. The van der Waals surface area contributed by atoms with Gasteiger partial charge in [0.1, 0.15) is 0 Å². The Bertz CT molecular complexity index is 655. The van der Waals surface area contributed by atoms with Gasteiger partial charge in [-0.3, -0.25) is 14.6 Å². The third-order valence-corrected chi connectivity index (χ3v) is 4.92. The van der Waals surface area contributed by atoms with Crippen LogP contribution >= 0.6 is 15.9 Å². The first-order valence-corrected chi connectivity index (χ1v) is 10.0. The number of carbonyl (C=O) groups excluding carboxylic acids is 2. The van der Waals surface area contributed by atoms with Crippen molar-refractivity contribution in [3.05, 3.63) is 28.7 Å². The molecule has 0 saturated carbocycles. The van der Waals surface area contributed by atoms with E-state index in [9.17, 15) is 9.59 Å². The van der Waals surface area contributed by atoms with Gasteiger partial charge in [0, 0.05) is 43.3 Å². The molecule has 1 saturated heterocycles. The largest absolute Gasteiger partial charge is 0.466 e. The normalized spacial score (nSPS) is 15.4. The van der Waals surface area contributed by atoms with E-state index in [1.54, 1.807) is 7.05 Å². The Hall–Kier alpha value is -2.09. The molecular formula is C19H27BrN4O3. The van der Waals surface area contributed by atoms with Gasteiger partial charge in [-0.25, -0.2) is 0 Å². The summed E-state index contributed by atoms with van der Waals surface area (Å²) in [6.07, 6.45) is 1.85. The minimum atomic E-state index is -0.107. The van der Waals surface area contributed by atoms with Gasteiger partial charge in [0.05, 0.1) is 12.5 Å². The number of nitrogens with zero attached hydrogens (tertiary/aromatic N) is 2. The highest BCUT2D eigenvalue weighted by molar-refractivity contribution is 9.10. The average molecular weight is 439 g/mol. The lowest BCUT2D eigenvalue weighted by atomic mass is 9.97. The molecular weight excluding hydrogens is 412 g/mol. The van der Waals surface area contributed by atoms with Crippen LogP contribution in [-0.4, -0.2) is 56.0 Å². The molecule has 1 aromatic carbocycles. The monoisotopic (exact) mass is 438 g/mol. The molecule has 7 nitrogen and oxygen atoms in total. The van der Waals surface area contributed by atoms with Gasteiger partial charge in [-0.1, -0.05) is 15.9 Å². The lowest BCUT2D eigenvalue weighted by Gasteiger charge is -2.33. The van der Waals surface area contributed by atoms with Crippen LogP contribution in [0.5, 0.6) is 0 Å². The number of nitrogens with one attached hydrogen (secondary N) is 2. The second-order valence-corrected chi connectivity index (χ2v) is 7.21. The number of hydrogen-bond acceptors (Lipinski definition) is 4. The molecule has 1 aliphatic rings. The lowest BCUT2D eigenvalue weighted by molar-refractivity contribution is -0.149. The molecule has 1 fully saturated rings. The molecule has 27 heavy (non-hydrogen) atoms. The Balaban J connectivity index is 1.72. The van der Waals surface area contributed by atoms with Crippen molar-refractivity contribution in [3.8, 4) is 0 Å². The van der Waals surface area contributed by atoms with Crippen molar-refractivity contribution in [2.75, 3.05) is 38.6 Å². The summed E-state index contributed by atoms with van der Waals surface area (Å²) in [5, 5.41) is 6.09. The van der Waals surface area contributed by atoms with Crippen LogP contribution in [0.4, 0.5) is 5.69 Å². The summed E-state index contributed by atoms with van der Waals surface area (Å²) in [6, 6.07) is 7.47. The van der Waals surface area contributed by atoms with Gasteiger partial charge in [-0.15, -0.1) is 0 Å². The molecule has 1 aromatic rings. The van der Waals surface area contributed by atoms with E-state index in [1.807, 2.05) is 31.2 Å². The third-order valence-electron chi connectivity index (χ3n) is 4.39. The van der Waals surface area contributed by atoms with Crippen molar-refractivity contribution in [1.82, 2.24) is 10.2 Å². The van der Waals surface area contributed by atoms with E-state index in [0.29, 0.717) is 19.6 Å². The molecule has 1 aliphatic heterocycles. The number of benzene rings is 1. The third kappa shape index (κ3) is 6.86. The fourth-order valence-corrected chi connectivity index (χ4v) is 3.23. The number of esters is 1. The van der Waals surface area contributed by atoms with Gasteiger partial charge in [-0.05, 0) is 44.0 Å². The average Bonchev–Trinajstić information content (AvgIpc) is 2.67. The van der Waals surface area contributed by atoms with Crippen molar-refractivity contribution in [2.45, 2.75) is 26.2 Å². The van der Waals surface area contributed by atoms with E-state index in [4.69, 9.17) is 4.74 Å². The van der Waals surface area contributed by atoms with Crippen LogP contribution in [0.3, 0.4) is 0 Å². The maximum Gasteiger partial charge on any atom is 0.309 e. The molecule has 1 heterocycles. The second kappa shape index (κ2) is 10.9. The van der Waals surface area contributed by atoms with Crippen molar-refractivity contribution in [1.29, 1.82) is 0 Å². The molecule has 8 heteroatoms. The predicted molar refractivity (Wildman–Crippen MR) is 110 cm³/mol. The Kier molecular flexibility index (Phi) is 8.57. The summed E-state index contributed by atoms with van der Waals surface area (Å²) in [7, 11) is 1.72. The SMILES string of the molecule is CCOC(=O)C1CCN(C(=NC)NCCC(=O)Nc2ccc(Br)cc2)CC1. The zero-order valence-corrected chi connectivity index (χ0v) is 17.4. The number of piperidine rings is 1. The standard InChI is InChI=1S/C19H27BrN4O3/c1-3-27-18(26)14-9-12-24(13-10-14)19(21-2)22-11-8-17(25)23-16-6-4-15(20)5-7-16/h4-7,14H,3,8-13H2,1-2H3,(H,21,22)(H,23,25). The molecule has 0 radical (unpaired) electrons. The summed E-state index contributed by atoms with van der Waals surface area (Å²) in [5.41, 5.74) is 0.772. The first kappa shape index (κ1) is 21.2. The van der Waals surface area contributed by atoms with Crippen molar-refractivity contribution >= 4 is 39.5 Å². The zero-order chi connectivity index (χ0) is 19.6. The van der Waals surface area contributed by atoms with E-state index in [1.165, 1.54) is 0 Å². The lowest BCUT2D eigenvalue weighted by Crippen LogP contribution is -2.47. The number of aliphatic imine (C=N–C) groups is 1. The van der Waals surface area contributed by atoms with Gasteiger partial charge in [-0.2, -0.15) is 0 Å². The highest BCUT2D eigenvalue weighted by Gasteiger charge is 2.27. The Morgan fingerprint density at radius 3 is 2.52 bits per heavy atom. The van der Waals surface area contributed by atoms with Crippen LogP contribution in [0.1, 0.15) is 26.2 Å². The van der Waals surface area contributed by atoms with Crippen molar-refractivity contribution in [3.63, 3.8) is 0 Å². The van der Waals surface area contributed by atoms with Crippen LogP contribution in [0, 0.1) is 5.92 Å². The minimum absolute atomic E-state index is 0.0315. The van der Waals surface area contributed by atoms with E-state index in [0.717, 1.165) is 42.1 Å². The van der Waals surface area contributed by atoms with Crippen molar-refractivity contribution in [2.24, 2.45) is 10.9 Å². The van der Waals surface area contributed by atoms with Crippen LogP contribution < -0.4 is 10.6 Å². The molecule has 1 amide bonds. The molecule has 0 atom stereocenters. The van der Waals surface area contributed by atoms with E-state index >= 15 is 0 Å². The van der Waals surface area contributed by atoms with Gasteiger partial charge >= 0.3 is 5.97 Å². The van der Waals surface area contributed by atoms with Gasteiger partial charge < -0.3 is 20.3 Å². The second-order valence-electron chi connectivity index (χ2n) is 6.29. The Labute approximate surface area is 168 Å². The van der Waals surface area contributed by atoms with Gasteiger partial charge in [0.2, 0.25) is 5.91 Å². The summed E-state index contributed by atoms with van der Waals surface area (Å²) in [4.78, 5) is 30.3. The summed E-state index contributed by atoms with van der Waals surface area (Å²) in [6.45, 7) is 4.23. The quantitative estimate of drug-likeness (QED) is 0.405. The van der Waals surface area contributed by atoms with Crippen LogP contribution in [0.25, 0.3) is 0 Å². The van der Waals surface area contributed by atoms with E-state index in [-0.39, 0.29) is 17.8 Å². The maximum atomic E-state index is 12.1. The summed E-state index contributed by atoms with van der Waals surface area (Å²) in [5.74, 6) is 0.566. The molecule has 0 aromatic heterocycles. The van der Waals surface area contributed by atoms with Gasteiger partial charge in [0.15, 0.2) is 5.96 Å². The number of rotatable bonds is 6. The van der Waals surface area contributed by atoms with E-state index < -0.39 is 0 Å². The molecule has 0 spiro atoms. The molecule has 2 rings (SSSR count). The number of guanidine groups is 1. The predicted octanol–water partition coefficient (Wildman–Crippen LogP) is 2.63. The van der Waals surface area contributed by atoms with E-state index in [2.05, 4.69) is 36.5 Å². The number of halogens is 1. The number of anilines is 1. The van der Waals surface area contributed by atoms with Crippen LogP contribution in [0.2, 0.25) is 0 Å².